The van der Waals surface area contributed by atoms with E-state index in [0.29, 0.717) is 29.9 Å². The van der Waals surface area contributed by atoms with Crippen molar-refractivity contribution < 1.29 is 46.1 Å². The topological polar surface area (TPSA) is 76.1 Å². The van der Waals surface area contributed by atoms with Crippen LogP contribution in [-0.4, -0.2) is 53.5 Å². The fourth-order valence-electron chi connectivity index (χ4n) is 3.84. The molecular weight excluding hydrogens is 533 g/mol. The molecule has 12 heteroatoms. The van der Waals surface area contributed by atoms with Crippen molar-refractivity contribution >= 4 is 23.4 Å². The largest absolute Gasteiger partial charge is 0.459 e. The van der Waals surface area contributed by atoms with Crippen LogP contribution in [0.4, 0.5) is 26.7 Å². The molecule has 0 aliphatic carbocycles. The summed E-state index contributed by atoms with van der Waals surface area (Å²) in [6.45, 7) is 3.77. The van der Waals surface area contributed by atoms with E-state index in [1.165, 1.54) is 22.3 Å². The highest BCUT2D eigenvalue weighted by Gasteiger charge is 2.41. The summed E-state index contributed by atoms with van der Waals surface area (Å²) in [7, 11) is 0. The third kappa shape index (κ3) is 7.53. The van der Waals surface area contributed by atoms with E-state index >= 15 is 0 Å². The maximum Gasteiger partial charge on any atom is 0.416 e. The van der Waals surface area contributed by atoms with E-state index in [1.807, 2.05) is 0 Å². The maximum absolute atomic E-state index is 14.8. The molecule has 1 fully saturated rings. The van der Waals surface area contributed by atoms with Gasteiger partial charge < -0.3 is 19.5 Å². The molecule has 6 nitrogen and oxygen atoms in total. The Kier molecular flexibility index (Phi) is 9.53. The van der Waals surface area contributed by atoms with Gasteiger partial charge in [0.05, 0.1) is 24.3 Å². The number of esters is 1. The van der Waals surface area contributed by atoms with Crippen LogP contribution >= 0.6 is 11.3 Å². The highest BCUT2D eigenvalue weighted by Crippen LogP contribution is 2.37. The van der Waals surface area contributed by atoms with Crippen molar-refractivity contribution in [1.29, 1.82) is 0 Å². The second-order valence-electron chi connectivity index (χ2n) is 9.02. The van der Waals surface area contributed by atoms with Gasteiger partial charge in [0.2, 0.25) is 0 Å². The van der Waals surface area contributed by atoms with E-state index in [0.717, 1.165) is 23.1 Å². The van der Waals surface area contributed by atoms with Crippen molar-refractivity contribution in [1.82, 2.24) is 4.90 Å². The molecule has 2 heterocycles. The number of aliphatic hydroxyl groups excluding tert-OH is 1. The molecule has 0 unspecified atom stereocenters. The number of hydrogen-bond acceptors (Lipinski definition) is 6. The van der Waals surface area contributed by atoms with Gasteiger partial charge in [-0.1, -0.05) is 24.3 Å². The smallest absolute Gasteiger partial charge is 0.416 e. The van der Waals surface area contributed by atoms with Crippen LogP contribution in [0.1, 0.15) is 52.4 Å². The average molecular weight is 562 g/mol. The number of rotatable bonds is 10. The molecule has 0 bridgehead atoms. The lowest BCUT2D eigenvalue weighted by Gasteiger charge is -2.33. The number of benzene rings is 1. The Morgan fingerprint density at radius 1 is 1.21 bits per heavy atom. The monoisotopic (exact) mass is 561 g/mol. The van der Waals surface area contributed by atoms with Gasteiger partial charge in [-0.3, -0.25) is 0 Å². The standard InChI is InChI=1S/C26H28F5NO5S/c1-16(2)37-23(34)21-10-9-20(38-21)7-4-13-32-19(12-14-36-24(32)35)8-11-22(33)25(27,28)17-5-3-6-18(15-17)26(29,30)31/h3,5-6,8-11,15-16,19,22,33H,4,7,12-14H2,1-2H3/b11-8+/t19-,22+/m0/s1. The summed E-state index contributed by atoms with van der Waals surface area (Å²) in [5.41, 5.74) is -2.22. The van der Waals surface area contributed by atoms with Gasteiger partial charge in [0.25, 0.3) is 0 Å². The summed E-state index contributed by atoms with van der Waals surface area (Å²) in [4.78, 5) is 27.0. The number of nitrogens with zero attached hydrogens (tertiary/aromatic N) is 1. The predicted octanol–water partition coefficient (Wildman–Crippen LogP) is 6.18. The third-order valence-corrected chi connectivity index (χ3v) is 6.89. The van der Waals surface area contributed by atoms with Gasteiger partial charge in [0.1, 0.15) is 11.0 Å². The van der Waals surface area contributed by atoms with Gasteiger partial charge >= 0.3 is 24.2 Å². The zero-order valence-corrected chi connectivity index (χ0v) is 21.5. The van der Waals surface area contributed by atoms with Gasteiger partial charge in [-0.25, -0.2) is 9.59 Å². The second kappa shape index (κ2) is 12.2. The summed E-state index contributed by atoms with van der Waals surface area (Å²) in [6.07, 6.45) is -4.76. The molecule has 0 saturated carbocycles. The van der Waals surface area contributed by atoms with Crippen LogP contribution in [0.3, 0.4) is 0 Å². The summed E-state index contributed by atoms with van der Waals surface area (Å²) < 4.78 is 78.5. The van der Waals surface area contributed by atoms with Gasteiger partial charge in [-0.05, 0) is 51.0 Å². The molecule has 0 radical (unpaired) electrons. The molecule has 2 aromatic rings. The van der Waals surface area contributed by atoms with Crippen molar-refractivity contribution in [3.63, 3.8) is 0 Å². The van der Waals surface area contributed by atoms with E-state index in [4.69, 9.17) is 9.47 Å². The first-order valence-corrected chi connectivity index (χ1v) is 12.8. The third-order valence-electron chi connectivity index (χ3n) is 5.76. The van der Waals surface area contributed by atoms with Gasteiger partial charge in [0.15, 0.2) is 0 Å². The van der Waals surface area contributed by atoms with E-state index < -0.39 is 47.4 Å². The van der Waals surface area contributed by atoms with E-state index in [2.05, 4.69) is 0 Å². The van der Waals surface area contributed by atoms with Crippen molar-refractivity contribution in [2.75, 3.05) is 13.2 Å². The molecule has 208 valence electrons. The molecule has 1 N–H and O–H groups in total. The molecule has 0 spiro atoms. The minimum absolute atomic E-state index is 0.0523. The maximum atomic E-state index is 14.8. The minimum Gasteiger partial charge on any atom is -0.459 e. The Morgan fingerprint density at radius 2 is 1.92 bits per heavy atom. The first kappa shape index (κ1) is 29.6. The number of thiophene rings is 1. The van der Waals surface area contributed by atoms with Crippen LogP contribution in [0, 0.1) is 0 Å². The van der Waals surface area contributed by atoms with Gasteiger partial charge in [-0.2, -0.15) is 22.0 Å². The fraction of sp³-hybridized carbons (Fsp3) is 0.462. The molecule has 1 aliphatic rings. The summed E-state index contributed by atoms with van der Waals surface area (Å²) in [6, 6.07) is 5.45. The van der Waals surface area contributed by atoms with Gasteiger partial charge in [-0.15, -0.1) is 11.3 Å². The number of aliphatic hydroxyl groups is 1. The first-order chi connectivity index (χ1) is 17.8. The lowest BCUT2D eigenvalue weighted by molar-refractivity contribution is -0.138. The highest BCUT2D eigenvalue weighted by atomic mass is 32.1. The first-order valence-electron chi connectivity index (χ1n) is 11.9. The Hall–Kier alpha value is -2.99. The van der Waals surface area contributed by atoms with Crippen LogP contribution in [0.2, 0.25) is 0 Å². The second-order valence-corrected chi connectivity index (χ2v) is 10.2. The lowest BCUT2D eigenvalue weighted by atomic mass is 9.99. The molecule has 1 saturated heterocycles. The van der Waals surface area contributed by atoms with Crippen molar-refractivity contribution in [2.45, 2.75) is 63.5 Å². The molecular formula is C26H28F5NO5S. The number of alkyl halides is 5. The SMILES string of the molecule is CC(C)OC(=O)c1ccc(CCCN2C(=O)OCC[C@@H]2/C=C/[C@@H](O)C(F)(F)c2cccc(C(F)(F)F)c2)s1. The number of carbonyl (C=O) groups is 2. The summed E-state index contributed by atoms with van der Waals surface area (Å²) in [5.74, 6) is -4.41. The summed E-state index contributed by atoms with van der Waals surface area (Å²) >= 11 is 1.28. The predicted molar refractivity (Wildman–Crippen MR) is 130 cm³/mol. The molecule has 1 aromatic heterocycles. The van der Waals surface area contributed by atoms with Crippen LogP contribution < -0.4 is 0 Å². The number of ether oxygens (including phenoxy) is 2. The van der Waals surface area contributed by atoms with Crippen molar-refractivity contribution in [2.24, 2.45) is 0 Å². The summed E-state index contributed by atoms with van der Waals surface area (Å²) in [5, 5.41) is 10.1. The molecule has 1 aliphatic heterocycles. The Morgan fingerprint density at radius 3 is 2.61 bits per heavy atom. The zero-order valence-electron chi connectivity index (χ0n) is 20.7. The molecule has 38 heavy (non-hydrogen) atoms. The Labute approximate surface area is 220 Å². The van der Waals surface area contributed by atoms with Crippen LogP contribution in [-0.2, 0) is 28.0 Å². The molecule has 3 rings (SSSR count). The van der Waals surface area contributed by atoms with E-state index in [1.54, 1.807) is 26.0 Å². The van der Waals surface area contributed by atoms with Crippen molar-refractivity contribution in [3.8, 4) is 0 Å². The van der Waals surface area contributed by atoms with Crippen LogP contribution in [0.25, 0.3) is 0 Å². The zero-order chi connectivity index (χ0) is 28.1. The fourth-order valence-corrected chi connectivity index (χ4v) is 4.78. The number of cyclic esters (lactones) is 1. The Bertz CT molecular complexity index is 1150. The normalized spacial score (nSPS) is 17.7. The number of halogens is 5. The number of aryl methyl sites for hydroxylation is 1. The number of hydrogen-bond donors (Lipinski definition) is 1. The van der Waals surface area contributed by atoms with Crippen molar-refractivity contribution in [3.05, 3.63) is 69.4 Å². The lowest BCUT2D eigenvalue weighted by Crippen LogP contribution is -2.45. The van der Waals surface area contributed by atoms with Crippen LogP contribution in [0.5, 0.6) is 0 Å². The number of carbonyl (C=O) groups excluding carboxylic acids is 2. The quantitative estimate of drug-likeness (QED) is 0.213. The Balaban J connectivity index is 1.63. The van der Waals surface area contributed by atoms with Crippen LogP contribution in [0.15, 0.2) is 48.6 Å². The molecule has 2 atom stereocenters. The molecule has 1 amide bonds. The van der Waals surface area contributed by atoms with E-state index in [9.17, 15) is 36.6 Å². The molecule has 1 aromatic carbocycles. The number of amides is 1. The van der Waals surface area contributed by atoms with Gasteiger partial charge in [0, 0.05) is 23.4 Å². The average Bonchev–Trinajstić information content (AvgIpc) is 3.32. The van der Waals surface area contributed by atoms with E-state index in [-0.39, 0.29) is 25.7 Å². The minimum atomic E-state index is -4.81. The highest BCUT2D eigenvalue weighted by molar-refractivity contribution is 7.13.